The van der Waals surface area contributed by atoms with Gasteiger partial charge in [0.2, 0.25) is 5.91 Å². The third kappa shape index (κ3) is 3.31. The van der Waals surface area contributed by atoms with Gasteiger partial charge in [-0.2, -0.15) is 0 Å². The van der Waals surface area contributed by atoms with Gasteiger partial charge in [0.25, 0.3) is 11.8 Å². The summed E-state index contributed by atoms with van der Waals surface area (Å²) in [6, 6.07) is 12.5. The topological polar surface area (TPSA) is 83.8 Å². The van der Waals surface area contributed by atoms with Crippen molar-refractivity contribution in [1.82, 2.24) is 19.6 Å². The molecule has 0 aliphatic carbocycles. The maximum absolute atomic E-state index is 12.3. The second kappa shape index (κ2) is 7.03. The van der Waals surface area contributed by atoms with E-state index < -0.39 is 0 Å². The van der Waals surface area contributed by atoms with E-state index in [2.05, 4.69) is 10.3 Å². The van der Waals surface area contributed by atoms with Crippen molar-refractivity contribution >= 4 is 23.4 Å². The molecule has 7 nitrogen and oxygen atoms in total. The number of nitrogens with zero attached hydrogens (tertiary/aromatic N) is 3. The molecule has 1 aromatic carbocycles. The number of pyridine rings is 1. The fourth-order valence-electron chi connectivity index (χ4n) is 3.18. The molecule has 1 N–H and O–H groups in total. The molecule has 3 heterocycles. The number of nitrogens with one attached hydrogen (secondary N) is 1. The third-order valence-electron chi connectivity index (χ3n) is 4.56. The molecule has 27 heavy (non-hydrogen) atoms. The van der Waals surface area contributed by atoms with Gasteiger partial charge >= 0.3 is 0 Å². The molecule has 3 aromatic rings. The minimum atomic E-state index is -0.340. The Hall–Kier alpha value is -3.48. The Morgan fingerprint density at radius 2 is 1.70 bits per heavy atom. The predicted molar refractivity (Wildman–Crippen MR) is 98.3 cm³/mol. The average molecular weight is 362 g/mol. The molecule has 0 bridgehead atoms. The third-order valence-corrected chi connectivity index (χ3v) is 4.56. The Balaban J connectivity index is 1.27. The molecule has 1 aliphatic heterocycles. The Morgan fingerprint density at radius 1 is 1.00 bits per heavy atom. The normalized spacial score (nSPS) is 13.3. The molecule has 4 rings (SSSR count). The average Bonchev–Trinajstić information content (AvgIpc) is 3.20. The molecule has 0 fully saturated rings. The van der Waals surface area contributed by atoms with Gasteiger partial charge in [-0.05, 0) is 24.3 Å². The Labute approximate surface area is 155 Å². The summed E-state index contributed by atoms with van der Waals surface area (Å²) in [6.45, 7) is 0.525. The molecule has 0 unspecified atom stereocenters. The molecular formula is C20H18N4O3. The van der Waals surface area contributed by atoms with Crippen molar-refractivity contribution in [2.75, 3.05) is 13.1 Å². The standard InChI is InChI=1S/C20H18N4O3/c25-18(21-10-8-14-13-23-11-4-3-7-17(23)22-14)9-12-24-19(26)15-5-1-2-6-16(15)20(24)27/h1-7,11,13H,8-10,12H2,(H,21,25). The fourth-order valence-corrected chi connectivity index (χ4v) is 3.18. The van der Waals surface area contributed by atoms with E-state index in [9.17, 15) is 14.4 Å². The zero-order valence-electron chi connectivity index (χ0n) is 14.6. The second-order valence-electron chi connectivity index (χ2n) is 6.36. The Morgan fingerprint density at radius 3 is 2.41 bits per heavy atom. The maximum Gasteiger partial charge on any atom is 0.261 e. The highest BCUT2D eigenvalue weighted by Gasteiger charge is 2.34. The van der Waals surface area contributed by atoms with Crippen LogP contribution in [0.2, 0.25) is 0 Å². The Kier molecular flexibility index (Phi) is 4.42. The van der Waals surface area contributed by atoms with Crippen molar-refractivity contribution < 1.29 is 14.4 Å². The van der Waals surface area contributed by atoms with Crippen molar-refractivity contribution in [2.45, 2.75) is 12.8 Å². The number of hydrogen-bond donors (Lipinski definition) is 1. The first-order valence-corrected chi connectivity index (χ1v) is 8.78. The monoisotopic (exact) mass is 362 g/mol. The van der Waals surface area contributed by atoms with E-state index in [1.807, 2.05) is 35.0 Å². The van der Waals surface area contributed by atoms with Crippen LogP contribution in [0.15, 0.2) is 54.9 Å². The number of carbonyl (C=O) groups excluding carboxylic acids is 3. The highest BCUT2D eigenvalue weighted by atomic mass is 16.2. The molecule has 0 saturated heterocycles. The smallest absolute Gasteiger partial charge is 0.261 e. The number of imide groups is 1. The first-order valence-electron chi connectivity index (χ1n) is 8.78. The largest absolute Gasteiger partial charge is 0.356 e. The van der Waals surface area contributed by atoms with E-state index >= 15 is 0 Å². The van der Waals surface area contributed by atoms with Crippen LogP contribution in [-0.4, -0.2) is 45.1 Å². The molecule has 2 aromatic heterocycles. The molecule has 0 radical (unpaired) electrons. The molecular weight excluding hydrogens is 344 g/mol. The van der Waals surface area contributed by atoms with Crippen molar-refractivity contribution in [1.29, 1.82) is 0 Å². The molecule has 0 spiro atoms. The van der Waals surface area contributed by atoms with Gasteiger partial charge < -0.3 is 9.72 Å². The minimum Gasteiger partial charge on any atom is -0.356 e. The lowest BCUT2D eigenvalue weighted by Crippen LogP contribution is -2.35. The van der Waals surface area contributed by atoms with Crippen LogP contribution >= 0.6 is 0 Å². The number of carbonyl (C=O) groups is 3. The van der Waals surface area contributed by atoms with E-state index in [1.54, 1.807) is 24.3 Å². The van der Waals surface area contributed by atoms with Gasteiger partial charge in [0.05, 0.1) is 16.8 Å². The second-order valence-corrected chi connectivity index (χ2v) is 6.36. The number of fused-ring (bicyclic) bond motifs is 2. The van der Waals surface area contributed by atoms with Crippen LogP contribution in [0, 0.1) is 0 Å². The van der Waals surface area contributed by atoms with Gasteiger partial charge in [0, 0.05) is 38.3 Å². The fraction of sp³-hybridized carbons (Fsp3) is 0.200. The van der Waals surface area contributed by atoms with Crippen molar-refractivity contribution in [3.63, 3.8) is 0 Å². The molecule has 7 heteroatoms. The zero-order chi connectivity index (χ0) is 18.8. The first kappa shape index (κ1) is 17.0. The van der Waals surface area contributed by atoms with Crippen LogP contribution in [0.25, 0.3) is 5.65 Å². The number of hydrogen-bond acceptors (Lipinski definition) is 4. The van der Waals surface area contributed by atoms with E-state index in [0.29, 0.717) is 24.1 Å². The zero-order valence-corrected chi connectivity index (χ0v) is 14.6. The van der Waals surface area contributed by atoms with E-state index in [-0.39, 0.29) is 30.7 Å². The van der Waals surface area contributed by atoms with E-state index in [0.717, 1.165) is 16.2 Å². The molecule has 0 atom stereocenters. The van der Waals surface area contributed by atoms with Crippen LogP contribution < -0.4 is 5.32 Å². The molecule has 1 aliphatic rings. The van der Waals surface area contributed by atoms with Gasteiger partial charge in [-0.1, -0.05) is 18.2 Å². The minimum absolute atomic E-state index is 0.0759. The first-order chi connectivity index (χ1) is 13.1. The number of benzene rings is 1. The maximum atomic E-state index is 12.3. The van der Waals surface area contributed by atoms with Crippen LogP contribution in [0.4, 0.5) is 0 Å². The van der Waals surface area contributed by atoms with Crippen LogP contribution in [0.3, 0.4) is 0 Å². The van der Waals surface area contributed by atoms with Crippen molar-refractivity contribution in [3.05, 3.63) is 71.7 Å². The summed E-state index contributed by atoms with van der Waals surface area (Å²) in [5.41, 5.74) is 2.55. The van der Waals surface area contributed by atoms with Gasteiger partial charge in [-0.3, -0.25) is 19.3 Å². The lowest BCUT2D eigenvalue weighted by Gasteiger charge is -2.13. The summed E-state index contributed by atoms with van der Waals surface area (Å²) in [5.74, 6) is -0.878. The van der Waals surface area contributed by atoms with Gasteiger partial charge in [-0.15, -0.1) is 0 Å². The molecule has 136 valence electrons. The molecule has 3 amide bonds. The Bertz CT molecular complexity index is 972. The number of aromatic nitrogens is 2. The van der Waals surface area contributed by atoms with Crippen molar-refractivity contribution in [2.24, 2.45) is 0 Å². The lowest BCUT2D eigenvalue weighted by molar-refractivity contribution is -0.121. The number of amides is 3. The summed E-state index contributed by atoms with van der Waals surface area (Å²) in [6.07, 6.45) is 4.55. The lowest BCUT2D eigenvalue weighted by atomic mass is 10.1. The predicted octanol–water partition coefficient (Wildman–Crippen LogP) is 1.68. The highest BCUT2D eigenvalue weighted by molar-refractivity contribution is 6.21. The molecule has 0 saturated carbocycles. The van der Waals surface area contributed by atoms with Crippen LogP contribution in [0.5, 0.6) is 0 Å². The van der Waals surface area contributed by atoms with Crippen molar-refractivity contribution in [3.8, 4) is 0 Å². The van der Waals surface area contributed by atoms with Gasteiger partial charge in [-0.25, -0.2) is 4.98 Å². The summed E-state index contributed by atoms with van der Waals surface area (Å²) in [4.78, 5) is 42.2. The quantitative estimate of drug-likeness (QED) is 0.676. The summed E-state index contributed by atoms with van der Waals surface area (Å²) in [7, 11) is 0. The van der Waals surface area contributed by atoms with Crippen LogP contribution in [0.1, 0.15) is 32.8 Å². The van der Waals surface area contributed by atoms with Crippen LogP contribution in [-0.2, 0) is 11.2 Å². The summed E-state index contributed by atoms with van der Waals surface area (Å²) < 4.78 is 1.93. The van der Waals surface area contributed by atoms with E-state index in [1.165, 1.54) is 0 Å². The highest BCUT2D eigenvalue weighted by Crippen LogP contribution is 2.22. The van der Waals surface area contributed by atoms with Gasteiger partial charge in [0.15, 0.2) is 0 Å². The summed E-state index contributed by atoms with van der Waals surface area (Å²) >= 11 is 0. The SMILES string of the molecule is O=C(CCN1C(=O)c2ccccc2C1=O)NCCc1cn2ccccc2n1. The van der Waals surface area contributed by atoms with E-state index in [4.69, 9.17) is 0 Å². The number of imidazole rings is 1. The summed E-state index contributed by atoms with van der Waals surface area (Å²) in [5, 5.41) is 2.81. The number of rotatable bonds is 6. The van der Waals surface area contributed by atoms with Gasteiger partial charge in [0.1, 0.15) is 5.65 Å².